The summed E-state index contributed by atoms with van der Waals surface area (Å²) in [6.45, 7) is 1.30. The summed E-state index contributed by atoms with van der Waals surface area (Å²) in [6.07, 6.45) is 4.01. The Labute approximate surface area is 130 Å². The number of likely N-dealkylation sites (N-methyl/N-ethyl adjacent to an activating group) is 2. The number of carbonyl (C=O) groups is 2. The summed E-state index contributed by atoms with van der Waals surface area (Å²) in [5.41, 5.74) is 6.94. The van der Waals surface area contributed by atoms with Gasteiger partial charge in [-0.3, -0.25) is 19.5 Å². The summed E-state index contributed by atoms with van der Waals surface area (Å²) in [6, 6.07) is 3.23. The van der Waals surface area contributed by atoms with Crippen molar-refractivity contribution in [2.24, 2.45) is 5.73 Å². The quantitative estimate of drug-likeness (QED) is 0.742. The van der Waals surface area contributed by atoms with Gasteiger partial charge in [-0.25, -0.2) is 0 Å². The van der Waals surface area contributed by atoms with Crippen LogP contribution in [-0.4, -0.2) is 65.9 Å². The average molecular weight is 305 g/mol. The highest BCUT2D eigenvalue weighted by atomic mass is 16.2. The topological polar surface area (TPSA) is 91.6 Å². The number of hydrogen-bond acceptors (Lipinski definition) is 5. The lowest BCUT2D eigenvalue weighted by atomic mass is 10.1. The Bertz CT molecular complexity index is 522. The van der Waals surface area contributed by atoms with Crippen molar-refractivity contribution in [2.75, 3.05) is 27.2 Å². The lowest BCUT2D eigenvalue weighted by molar-refractivity contribution is -0.139. The van der Waals surface area contributed by atoms with E-state index in [0.29, 0.717) is 19.5 Å². The molecule has 2 rings (SSSR count). The van der Waals surface area contributed by atoms with E-state index in [0.717, 1.165) is 5.56 Å². The summed E-state index contributed by atoms with van der Waals surface area (Å²) in [5.74, 6) is -0.232. The molecule has 7 heteroatoms. The molecule has 2 heterocycles. The van der Waals surface area contributed by atoms with E-state index in [1.54, 1.807) is 24.3 Å². The van der Waals surface area contributed by atoms with Gasteiger partial charge in [0.2, 0.25) is 11.8 Å². The highest BCUT2D eigenvalue weighted by Crippen LogP contribution is 2.17. The van der Waals surface area contributed by atoms with Gasteiger partial charge in [0.05, 0.1) is 6.54 Å². The van der Waals surface area contributed by atoms with Gasteiger partial charge in [0.1, 0.15) is 6.04 Å². The van der Waals surface area contributed by atoms with Gasteiger partial charge in [-0.05, 0) is 25.1 Å². The van der Waals surface area contributed by atoms with Crippen molar-refractivity contribution in [1.82, 2.24) is 20.1 Å². The maximum Gasteiger partial charge on any atom is 0.242 e. The molecule has 1 aromatic rings. The first kappa shape index (κ1) is 16.4. The van der Waals surface area contributed by atoms with E-state index >= 15 is 0 Å². The smallest absolute Gasteiger partial charge is 0.242 e. The fourth-order valence-electron chi connectivity index (χ4n) is 2.74. The van der Waals surface area contributed by atoms with Crippen molar-refractivity contribution < 1.29 is 9.59 Å². The molecule has 1 fully saturated rings. The molecule has 0 bridgehead atoms. The molecule has 0 aromatic carbocycles. The second-order valence-corrected chi connectivity index (χ2v) is 5.71. The van der Waals surface area contributed by atoms with E-state index in [1.165, 1.54) is 0 Å². The molecule has 2 amide bonds. The van der Waals surface area contributed by atoms with E-state index in [-0.39, 0.29) is 24.4 Å². The van der Waals surface area contributed by atoms with Gasteiger partial charge in [0, 0.05) is 38.6 Å². The zero-order valence-electron chi connectivity index (χ0n) is 13.0. The fourth-order valence-corrected chi connectivity index (χ4v) is 2.74. The van der Waals surface area contributed by atoms with Gasteiger partial charge in [-0.1, -0.05) is 6.07 Å². The lowest BCUT2D eigenvalue weighted by Crippen LogP contribution is -2.47. The normalized spacial score (nSPS) is 21.2. The number of rotatable bonds is 5. The molecule has 2 atom stereocenters. The molecular weight excluding hydrogens is 282 g/mol. The van der Waals surface area contributed by atoms with E-state index in [1.807, 2.05) is 24.1 Å². The first-order chi connectivity index (χ1) is 10.5. The minimum absolute atomic E-state index is 0.0760. The van der Waals surface area contributed by atoms with Crippen molar-refractivity contribution in [3.05, 3.63) is 30.1 Å². The van der Waals surface area contributed by atoms with Crippen LogP contribution in [0.25, 0.3) is 0 Å². The van der Waals surface area contributed by atoms with Crippen LogP contribution in [-0.2, 0) is 16.1 Å². The van der Waals surface area contributed by atoms with Crippen LogP contribution in [0.1, 0.15) is 12.0 Å². The third kappa shape index (κ3) is 4.02. The minimum Gasteiger partial charge on any atom is -0.357 e. The Balaban J connectivity index is 1.94. The Kier molecular flexibility index (Phi) is 5.46. The second kappa shape index (κ2) is 7.33. The molecule has 120 valence electrons. The molecule has 1 saturated heterocycles. The number of carbonyl (C=O) groups excluding carboxylic acids is 2. The monoisotopic (exact) mass is 305 g/mol. The Morgan fingerprint density at radius 2 is 2.32 bits per heavy atom. The first-order valence-corrected chi connectivity index (χ1v) is 7.35. The van der Waals surface area contributed by atoms with Crippen LogP contribution in [0.2, 0.25) is 0 Å². The zero-order chi connectivity index (χ0) is 16.1. The van der Waals surface area contributed by atoms with Gasteiger partial charge in [-0.15, -0.1) is 0 Å². The average Bonchev–Trinajstić information content (AvgIpc) is 2.89. The maximum atomic E-state index is 12.5. The second-order valence-electron chi connectivity index (χ2n) is 5.71. The predicted octanol–water partition coefficient (Wildman–Crippen LogP) is -0.812. The number of amides is 2. The lowest BCUT2D eigenvalue weighted by Gasteiger charge is -2.26. The zero-order valence-corrected chi connectivity index (χ0v) is 13.0. The van der Waals surface area contributed by atoms with Crippen LogP contribution < -0.4 is 11.1 Å². The molecule has 0 aliphatic carbocycles. The summed E-state index contributed by atoms with van der Waals surface area (Å²) in [7, 11) is 3.44. The number of pyridine rings is 1. The SMILES string of the molecule is CNC(=O)[C@@H]1C[C@@H](N)CN1C(=O)CN(C)Cc1cccnc1. The molecular formula is C15H23N5O2. The van der Waals surface area contributed by atoms with Crippen LogP contribution in [0, 0.1) is 0 Å². The number of nitrogens with one attached hydrogen (secondary N) is 1. The van der Waals surface area contributed by atoms with E-state index in [4.69, 9.17) is 5.73 Å². The van der Waals surface area contributed by atoms with Gasteiger partial charge < -0.3 is 16.0 Å². The molecule has 0 unspecified atom stereocenters. The molecule has 22 heavy (non-hydrogen) atoms. The van der Waals surface area contributed by atoms with Gasteiger partial charge in [0.25, 0.3) is 0 Å². The highest BCUT2D eigenvalue weighted by Gasteiger charge is 2.37. The van der Waals surface area contributed by atoms with Crippen molar-refractivity contribution in [1.29, 1.82) is 0 Å². The number of nitrogens with zero attached hydrogens (tertiary/aromatic N) is 3. The Morgan fingerprint density at radius 3 is 2.95 bits per heavy atom. The van der Waals surface area contributed by atoms with E-state index in [9.17, 15) is 9.59 Å². The number of hydrogen-bond donors (Lipinski definition) is 2. The van der Waals surface area contributed by atoms with Crippen LogP contribution in [0.5, 0.6) is 0 Å². The minimum atomic E-state index is -0.459. The maximum absolute atomic E-state index is 12.5. The van der Waals surface area contributed by atoms with Crippen molar-refractivity contribution >= 4 is 11.8 Å². The summed E-state index contributed by atoms with van der Waals surface area (Å²) in [4.78, 5) is 31.9. The van der Waals surface area contributed by atoms with Crippen LogP contribution in [0.3, 0.4) is 0 Å². The van der Waals surface area contributed by atoms with Crippen molar-refractivity contribution in [3.63, 3.8) is 0 Å². The summed E-state index contributed by atoms with van der Waals surface area (Å²) < 4.78 is 0. The highest BCUT2D eigenvalue weighted by molar-refractivity contribution is 5.89. The largest absolute Gasteiger partial charge is 0.357 e. The molecule has 1 aliphatic rings. The third-order valence-corrected chi connectivity index (χ3v) is 3.78. The molecule has 3 N–H and O–H groups in total. The molecule has 0 saturated carbocycles. The molecule has 0 radical (unpaired) electrons. The third-order valence-electron chi connectivity index (χ3n) is 3.78. The van der Waals surface area contributed by atoms with Crippen LogP contribution in [0.4, 0.5) is 0 Å². The molecule has 0 spiro atoms. The summed E-state index contributed by atoms with van der Waals surface area (Å²) in [5, 5.41) is 2.60. The molecule has 1 aromatic heterocycles. The Hall–Kier alpha value is -1.99. The van der Waals surface area contributed by atoms with Crippen LogP contribution >= 0.6 is 0 Å². The van der Waals surface area contributed by atoms with E-state index in [2.05, 4.69) is 10.3 Å². The molecule has 1 aliphatic heterocycles. The number of nitrogens with two attached hydrogens (primary N) is 1. The van der Waals surface area contributed by atoms with Gasteiger partial charge in [0.15, 0.2) is 0 Å². The fraction of sp³-hybridized carbons (Fsp3) is 0.533. The van der Waals surface area contributed by atoms with E-state index < -0.39 is 6.04 Å². The van der Waals surface area contributed by atoms with Gasteiger partial charge in [-0.2, -0.15) is 0 Å². The van der Waals surface area contributed by atoms with Crippen molar-refractivity contribution in [3.8, 4) is 0 Å². The van der Waals surface area contributed by atoms with Crippen molar-refractivity contribution in [2.45, 2.75) is 25.0 Å². The first-order valence-electron chi connectivity index (χ1n) is 7.35. The Morgan fingerprint density at radius 1 is 1.55 bits per heavy atom. The molecule has 7 nitrogen and oxygen atoms in total. The van der Waals surface area contributed by atoms with Gasteiger partial charge >= 0.3 is 0 Å². The number of aromatic nitrogens is 1. The standard InChI is InChI=1S/C15H23N5O2/c1-17-15(22)13-6-12(16)9-20(13)14(21)10-19(2)8-11-4-3-5-18-7-11/h3-5,7,12-13H,6,8-10,16H2,1-2H3,(H,17,22)/t12-,13+/m1/s1. The number of likely N-dealkylation sites (tertiary alicyclic amines) is 1. The predicted molar refractivity (Wildman–Crippen MR) is 82.7 cm³/mol. The van der Waals surface area contributed by atoms with Crippen LogP contribution in [0.15, 0.2) is 24.5 Å². The summed E-state index contributed by atoms with van der Waals surface area (Å²) >= 11 is 0.